The summed E-state index contributed by atoms with van der Waals surface area (Å²) in [6.07, 6.45) is 2.07. The Bertz CT molecular complexity index is 596. The zero-order valence-electron chi connectivity index (χ0n) is 11.4. The van der Waals surface area contributed by atoms with Gasteiger partial charge in [-0.25, -0.2) is 13.2 Å². The first-order valence-corrected chi connectivity index (χ1v) is 8.62. The highest BCUT2D eigenvalue weighted by Gasteiger charge is 2.29. The second-order valence-corrected chi connectivity index (χ2v) is 8.20. The topological polar surface area (TPSA) is 77.9 Å². The fourth-order valence-electron chi connectivity index (χ4n) is 2.32. The van der Waals surface area contributed by atoms with Gasteiger partial charge in [-0.3, -0.25) is 0 Å². The van der Waals surface area contributed by atoms with Crippen LogP contribution < -0.4 is 0 Å². The van der Waals surface area contributed by atoms with Crippen LogP contribution in [-0.4, -0.2) is 61.9 Å². The van der Waals surface area contributed by atoms with Crippen molar-refractivity contribution in [2.75, 3.05) is 27.2 Å². The third-order valence-electron chi connectivity index (χ3n) is 3.63. The molecule has 20 heavy (non-hydrogen) atoms. The van der Waals surface area contributed by atoms with Crippen molar-refractivity contribution in [3.05, 3.63) is 17.0 Å². The Hall–Kier alpha value is -0.960. The number of rotatable bonds is 5. The number of likely N-dealkylation sites (N-methyl/N-ethyl adjacent to an activating group) is 2. The van der Waals surface area contributed by atoms with Crippen molar-refractivity contribution in [2.24, 2.45) is 0 Å². The first kappa shape index (κ1) is 15.4. The molecule has 0 radical (unpaired) electrons. The predicted molar refractivity (Wildman–Crippen MR) is 76.7 cm³/mol. The number of thiophene rings is 1. The minimum absolute atomic E-state index is 0.0139. The van der Waals surface area contributed by atoms with Gasteiger partial charge >= 0.3 is 5.97 Å². The lowest BCUT2D eigenvalue weighted by Crippen LogP contribution is -2.39. The van der Waals surface area contributed by atoms with E-state index in [1.807, 2.05) is 7.05 Å². The summed E-state index contributed by atoms with van der Waals surface area (Å²) in [6.45, 7) is 1.42. The quantitative estimate of drug-likeness (QED) is 0.881. The lowest BCUT2D eigenvalue weighted by Gasteiger charge is -2.24. The number of carboxylic acid groups (broad SMARTS) is 1. The molecule has 0 amide bonds. The fraction of sp³-hybridized carbons (Fsp3) is 0.583. The van der Waals surface area contributed by atoms with Crippen molar-refractivity contribution < 1.29 is 18.3 Å². The molecule has 1 atom stereocenters. The summed E-state index contributed by atoms with van der Waals surface area (Å²) in [7, 11) is -0.0655. The molecular formula is C12H18N2O4S2. The maximum absolute atomic E-state index is 12.4. The second-order valence-electron chi connectivity index (χ2n) is 5.02. The smallest absolute Gasteiger partial charge is 0.336 e. The Kier molecular flexibility index (Phi) is 4.48. The van der Waals surface area contributed by atoms with Gasteiger partial charge in [0.25, 0.3) is 10.0 Å². The number of aromatic carboxylic acids is 1. The van der Waals surface area contributed by atoms with Crippen LogP contribution in [0, 0.1) is 0 Å². The molecule has 1 aliphatic rings. The van der Waals surface area contributed by atoms with Crippen LogP contribution >= 0.6 is 11.3 Å². The van der Waals surface area contributed by atoms with Crippen LogP contribution in [0.3, 0.4) is 0 Å². The highest BCUT2D eigenvalue weighted by Crippen LogP contribution is 2.25. The standard InChI is InChI=1S/C12H18N2O4S2/c1-13-5-3-4-10(13)7-14(2)20(17,18)11-6-9(8-19-11)12(15)16/h6,8,10H,3-5,7H2,1-2H3,(H,15,16). The maximum atomic E-state index is 12.4. The third-order valence-corrected chi connectivity index (χ3v) is 6.86. The lowest BCUT2D eigenvalue weighted by molar-refractivity contribution is 0.0697. The van der Waals surface area contributed by atoms with E-state index in [0.29, 0.717) is 6.54 Å². The summed E-state index contributed by atoms with van der Waals surface area (Å²) >= 11 is 0.948. The summed E-state index contributed by atoms with van der Waals surface area (Å²) in [5.41, 5.74) is 0.0139. The van der Waals surface area contributed by atoms with Gasteiger partial charge in [0.15, 0.2) is 0 Å². The number of hydrogen-bond acceptors (Lipinski definition) is 5. The molecule has 1 saturated heterocycles. The van der Waals surface area contributed by atoms with E-state index in [4.69, 9.17) is 5.11 Å². The molecular weight excluding hydrogens is 300 g/mol. The monoisotopic (exact) mass is 318 g/mol. The first-order valence-electron chi connectivity index (χ1n) is 6.31. The van der Waals surface area contributed by atoms with Gasteiger partial charge in [-0.2, -0.15) is 4.31 Å². The third kappa shape index (κ3) is 3.03. The number of carboxylic acids is 1. The zero-order chi connectivity index (χ0) is 14.9. The predicted octanol–water partition coefficient (Wildman–Crippen LogP) is 1.16. The summed E-state index contributed by atoms with van der Waals surface area (Å²) in [4.78, 5) is 13.0. The highest BCUT2D eigenvalue weighted by atomic mass is 32.2. The number of nitrogens with zero attached hydrogens (tertiary/aromatic N) is 2. The van der Waals surface area contributed by atoms with E-state index >= 15 is 0 Å². The Morgan fingerprint density at radius 1 is 1.60 bits per heavy atom. The van der Waals surface area contributed by atoms with Crippen molar-refractivity contribution >= 4 is 27.3 Å². The normalized spacial score (nSPS) is 20.6. The molecule has 8 heteroatoms. The maximum Gasteiger partial charge on any atom is 0.336 e. The van der Waals surface area contributed by atoms with Crippen LogP contribution in [0.15, 0.2) is 15.7 Å². The van der Waals surface area contributed by atoms with E-state index in [0.717, 1.165) is 30.7 Å². The van der Waals surface area contributed by atoms with E-state index in [9.17, 15) is 13.2 Å². The summed E-state index contributed by atoms with van der Waals surface area (Å²) in [5.74, 6) is -1.11. The van der Waals surface area contributed by atoms with Crippen LogP contribution in [0.2, 0.25) is 0 Å². The molecule has 1 aliphatic heterocycles. The molecule has 0 bridgehead atoms. The molecule has 1 fully saturated rings. The van der Waals surface area contributed by atoms with Crippen LogP contribution in [0.4, 0.5) is 0 Å². The average molecular weight is 318 g/mol. The van der Waals surface area contributed by atoms with Crippen molar-refractivity contribution in [2.45, 2.75) is 23.1 Å². The van der Waals surface area contributed by atoms with E-state index in [1.165, 1.54) is 15.8 Å². The zero-order valence-corrected chi connectivity index (χ0v) is 13.1. The molecule has 0 spiro atoms. The van der Waals surface area contributed by atoms with Gasteiger partial charge < -0.3 is 10.0 Å². The SMILES string of the molecule is CN1CCCC1CN(C)S(=O)(=O)c1cc(C(=O)O)cs1. The Morgan fingerprint density at radius 3 is 2.80 bits per heavy atom. The van der Waals surface area contributed by atoms with Crippen molar-refractivity contribution in [3.8, 4) is 0 Å². The summed E-state index contributed by atoms with van der Waals surface area (Å²) in [6, 6.07) is 1.45. The number of likely N-dealkylation sites (tertiary alicyclic amines) is 1. The van der Waals surface area contributed by atoms with Gasteiger partial charge in [0.2, 0.25) is 0 Å². The van der Waals surface area contributed by atoms with Gasteiger partial charge in [0.1, 0.15) is 4.21 Å². The van der Waals surface area contributed by atoms with Crippen molar-refractivity contribution in [1.82, 2.24) is 9.21 Å². The van der Waals surface area contributed by atoms with E-state index in [2.05, 4.69) is 4.90 Å². The van der Waals surface area contributed by atoms with Crippen LogP contribution in [0.1, 0.15) is 23.2 Å². The molecule has 112 valence electrons. The molecule has 1 aromatic rings. The van der Waals surface area contributed by atoms with Gasteiger partial charge in [0.05, 0.1) is 5.56 Å². The number of hydrogen-bond donors (Lipinski definition) is 1. The van der Waals surface area contributed by atoms with Crippen LogP contribution in [-0.2, 0) is 10.0 Å². The van der Waals surface area contributed by atoms with Gasteiger partial charge in [-0.15, -0.1) is 11.3 Å². The van der Waals surface area contributed by atoms with Gasteiger partial charge in [0, 0.05) is 25.0 Å². The Morgan fingerprint density at radius 2 is 2.30 bits per heavy atom. The fourth-order valence-corrected chi connectivity index (χ4v) is 4.89. The average Bonchev–Trinajstić information content (AvgIpc) is 2.99. The molecule has 1 N–H and O–H groups in total. The molecule has 0 saturated carbocycles. The van der Waals surface area contributed by atoms with Gasteiger partial charge in [-0.05, 0) is 32.5 Å². The van der Waals surface area contributed by atoms with E-state index < -0.39 is 16.0 Å². The molecule has 2 rings (SSSR count). The van der Waals surface area contributed by atoms with Gasteiger partial charge in [-0.1, -0.05) is 0 Å². The Balaban J connectivity index is 2.14. The highest BCUT2D eigenvalue weighted by molar-refractivity contribution is 7.91. The molecule has 6 nitrogen and oxygen atoms in total. The van der Waals surface area contributed by atoms with Crippen molar-refractivity contribution in [3.63, 3.8) is 0 Å². The number of sulfonamides is 1. The van der Waals surface area contributed by atoms with Crippen LogP contribution in [0.5, 0.6) is 0 Å². The number of carbonyl (C=O) groups is 1. The first-order chi connectivity index (χ1) is 9.32. The Labute approximate surface area is 122 Å². The summed E-state index contributed by atoms with van der Waals surface area (Å²) in [5, 5.41) is 10.2. The largest absolute Gasteiger partial charge is 0.478 e. The minimum Gasteiger partial charge on any atom is -0.478 e. The van der Waals surface area contributed by atoms with E-state index in [1.54, 1.807) is 7.05 Å². The van der Waals surface area contributed by atoms with E-state index in [-0.39, 0.29) is 15.8 Å². The molecule has 0 aromatic carbocycles. The van der Waals surface area contributed by atoms with Crippen LogP contribution in [0.25, 0.3) is 0 Å². The summed E-state index contributed by atoms with van der Waals surface area (Å²) < 4.78 is 26.2. The molecule has 1 unspecified atom stereocenters. The minimum atomic E-state index is -3.60. The van der Waals surface area contributed by atoms with Crippen molar-refractivity contribution in [1.29, 1.82) is 0 Å². The molecule has 2 heterocycles. The molecule has 0 aliphatic carbocycles. The second kappa shape index (κ2) is 5.80. The lowest BCUT2D eigenvalue weighted by atomic mass is 10.2. The molecule has 1 aromatic heterocycles.